The number of aromatic nitrogens is 1. The molecular formula is C10H11N3O2S. The van der Waals surface area contributed by atoms with Gasteiger partial charge >= 0.3 is 0 Å². The number of nitrogens with zero attached hydrogens (tertiary/aromatic N) is 2. The number of amides is 1. The van der Waals surface area contributed by atoms with Crippen molar-refractivity contribution in [3.05, 3.63) is 23.0 Å². The Morgan fingerprint density at radius 2 is 2.31 bits per heavy atom. The van der Waals surface area contributed by atoms with Gasteiger partial charge in [-0.3, -0.25) is 4.79 Å². The Labute approximate surface area is 95.8 Å². The van der Waals surface area contributed by atoms with Crippen molar-refractivity contribution in [1.82, 2.24) is 4.68 Å². The van der Waals surface area contributed by atoms with Crippen molar-refractivity contribution in [3.63, 3.8) is 0 Å². The molecule has 0 bridgehead atoms. The van der Waals surface area contributed by atoms with E-state index in [-0.39, 0.29) is 5.91 Å². The molecule has 2 rings (SSSR count). The molecule has 1 aromatic heterocycles. The maximum atomic E-state index is 10.9. The molecule has 2 N–H and O–H groups in total. The number of methoxy groups -OCH3 is 1. The number of hydrogen-bond acceptors (Lipinski definition) is 4. The summed E-state index contributed by atoms with van der Waals surface area (Å²) in [6.45, 7) is 1.39. The third-order valence-corrected chi connectivity index (χ3v) is 3.10. The van der Waals surface area contributed by atoms with Crippen molar-refractivity contribution < 1.29 is 9.53 Å². The molecule has 1 amide bonds. The molecule has 0 radical (unpaired) electrons. The molecule has 0 saturated heterocycles. The molecule has 2 aromatic rings. The van der Waals surface area contributed by atoms with Gasteiger partial charge in [0.1, 0.15) is 11.3 Å². The van der Waals surface area contributed by atoms with Crippen LogP contribution in [0.4, 0.5) is 0 Å². The third kappa shape index (κ3) is 1.67. The van der Waals surface area contributed by atoms with E-state index in [4.69, 9.17) is 10.6 Å². The van der Waals surface area contributed by atoms with E-state index in [1.54, 1.807) is 7.11 Å². The van der Waals surface area contributed by atoms with E-state index in [0.717, 1.165) is 10.2 Å². The lowest BCUT2D eigenvalue weighted by Gasteiger charge is -2.02. The van der Waals surface area contributed by atoms with Crippen LogP contribution >= 0.6 is 11.3 Å². The summed E-state index contributed by atoms with van der Waals surface area (Å²) in [5, 5.41) is 0. The fraction of sp³-hybridized carbons (Fsp3) is 0.200. The Morgan fingerprint density at radius 3 is 2.94 bits per heavy atom. The van der Waals surface area contributed by atoms with Gasteiger partial charge in [-0.1, -0.05) is 17.4 Å². The Kier molecular flexibility index (Phi) is 2.66. The van der Waals surface area contributed by atoms with Crippen molar-refractivity contribution in [2.24, 2.45) is 4.99 Å². The Balaban J connectivity index is 2.83. The third-order valence-electron chi connectivity index (χ3n) is 2.08. The number of carbonyl (C=O) groups is 1. The van der Waals surface area contributed by atoms with Crippen LogP contribution in [0.3, 0.4) is 0 Å². The first-order valence-corrected chi connectivity index (χ1v) is 5.44. The van der Waals surface area contributed by atoms with E-state index in [1.807, 2.05) is 18.2 Å². The van der Waals surface area contributed by atoms with Gasteiger partial charge < -0.3 is 10.6 Å². The first kappa shape index (κ1) is 10.7. The molecule has 0 fully saturated rings. The van der Waals surface area contributed by atoms with E-state index in [1.165, 1.54) is 22.9 Å². The molecule has 0 saturated carbocycles. The summed E-state index contributed by atoms with van der Waals surface area (Å²) in [5.74, 6) is 6.26. The average molecular weight is 237 g/mol. The number of para-hydroxylation sites is 1. The first-order chi connectivity index (χ1) is 7.63. The normalized spacial score (nSPS) is 12.0. The highest BCUT2D eigenvalue weighted by molar-refractivity contribution is 7.16. The van der Waals surface area contributed by atoms with Gasteiger partial charge in [0.25, 0.3) is 0 Å². The minimum Gasteiger partial charge on any atom is -0.494 e. The summed E-state index contributed by atoms with van der Waals surface area (Å²) < 4.78 is 7.51. The topological polar surface area (TPSA) is 69.6 Å². The largest absolute Gasteiger partial charge is 0.494 e. The molecule has 84 valence electrons. The molecule has 0 aliphatic carbocycles. The van der Waals surface area contributed by atoms with Gasteiger partial charge in [0.2, 0.25) is 10.7 Å². The summed E-state index contributed by atoms with van der Waals surface area (Å²) in [7, 11) is 1.58. The van der Waals surface area contributed by atoms with Crippen LogP contribution in [0.5, 0.6) is 5.75 Å². The molecule has 5 nitrogen and oxygen atoms in total. The number of rotatable bonds is 1. The first-order valence-electron chi connectivity index (χ1n) is 4.62. The number of thiazole rings is 1. The number of carbonyl (C=O) groups excluding carboxylic acids is 1. The van der Waals surface area contributed by atoms with Gasteiger partial charge in [-0.25, -0.2) is 4.68 Å². The number of nitrogen functional groups attached to an aromatic ring is 1. The predicted molar refractivity (Wildman–Crippen MR) is 62.8 cm³/mol. The summed E-state index contributed by atoms with van der Waals surface area (Å²) in [5.41, 5.74) is 0.745. The summed E-state index contributed by atoms with van der Waals surface area (Å²) in [4.78, 5) is 15.2. The summed E-state index contributed by atoms with van der Waals surface area (Å²) in [6.07, 6.45) is 0. The van der Waals surface area contributed by atoms with Gasteiger partial charge in [-0.15, -0.1) is 0 Å². The molecule has 16 heavy (non-hydrogen) atoms. The molecule has 0 spiro atoms. The van der Waals surface area contributed by atoms with Gasteiger partial charge in [0.05, 0.1) is 11.8 Å². The SMILES string of the molecule is COc1cccc2sc(=NC(C)=O)n(N)c12. The highest BCUT2D eigenvalue weighted by Gasteiger charge is 2.08. The number of nitrogens with two attached hydrogens (primary N) is 1. The average Bonchev–Trinajstić information content (AvgIpc) is 2.55. The van der Waals surface area contributed by atoms with Gasteiger partial charge in [0.15, 0.2) is 0 Å². The molecule has 0 unspecified atom stereocenters. The second-order valence-electron chi connectivity index (χ2n) is 3.19. The fourth-order valence-electron chi connectivity index (χ4n) is 1.44. The van der Waals surface area contributed by atoms with Crippen molar-refractivity contribution in [1.29, 1.82) is 0 Å². The van der Waals surface area contributed by atoms with Crippen LogP contribution in [0.1, 0.15) is 6.92 Å². The van der Waals surface area contributed by atoms with E-state index < -0.39 is 0 Å². The molecular weight excluding hydrogens is 226 g/mol. The molecule has 1 aromatic carbocycles. The second-order valence-corrected chi connectivity index (χ2v) is 4.20. The monoisotopic (exact) mass is 237 g/mol. The van der Waals surface area contributed by atoms with E-state index in [9.17, 15) is 4.79 Å². The van der Waals surface area contributed by atoms with Crippen LogP contribution in [0.2, 0.25) is 0 Å². The molecule has 1 heterocycles. The minimum absolute atomic E-state index is 0.273. The number of benzene rings is 1. The van der Waals surface area contributed by atoms with Crippen molar-refractivity contribution in [3.8, 4) is 5.75 Å². The highest BCUT2D eigenvalue weighted by Crippen LogP contribution is 2.25. The van der Waals surface area contributed by atoms with E-state index in [2.05, 4.69) is 4.99 Å². The van der Waals surface area contributed by atoms with E-state index in [0.29, 0.717) is 10.6 Å². The zero-order valence-corrected chi connectivity index (χ0v) is 9.75. The Hall–Kier alpha value is -1.82. The summed E-state index contributed by atoms with van der Waals surface area (Å²) in [6, 6.07) is 5.59. The fourth-order valence-corrected chi connectivity index (χ4v) is 2.44. The maximum Gasteiger partial charge on any atom is 0.245 e. The standard InChI is InChI=1S/C10H11N3O2S/c1-6(14)12-10-13(11)9-7(15-2)4-3-5-8(9)16-10/h3-5H,11H2,1-2H3. The van der Waals surface area contributed by atoms with Gasteiger partial charge in [-0.2, -0.15) is 4.99 Å². The predicted octanol–water partition coefficient (Wildman–Crippen LogP) is 0.872. The van der Waals surface area contributed by atoms with Crippen molar-refractivity contribution in [2.75, 3.05) is 13.0 Å². The molecule has 0 aliphatic heterocycles. The van der Waals surface area contributed by atoms with Crippen LogP contribution in [0.25, 0.3) is 10.2 Å². The van der Waals surface area contributed by atoms with Crippen molar-refractivity contribution >= 4 is 27.5 Å². The van der Waals surface area contributed by atoms with Crippen LogP contribution in [0, 0.1) is 0 Å². The lowest BCUT2D eigenvalue weighted by atomic mass is 10.3. The lowest BCUT2D eigenvalue weighted by molar-refractivity contribution is -0.116. The Morgan fingerprint density at radius 1 is 1.56 bits per heavy atom. The summed E-state index contributed by atoms with van der Waals surface area (Å²) >= 11 is 1.35. The molecule has 0 aliphatic rings. The number of fused-ring (bicyclic) bond motifs is 1. The van der Waals surface area contributed by atoms with Crippen LogP contribution < -0.4 is 15.4 Å². The van der Waals surface area contributed by atoms with Crippen LogP contribution in [0.15, 0.2) is 23.2 Å². The van der Waals surface area contributed by atoms with E-state index >= 15 is 0 Å². The second kappa shape index (κ2) is 3.97. The smallest absolute Gasteiger partial charge is 0.245 e. The molecule has 0 atom stereocenters. The van der Waals surface area contributed by atoms with Crippen LogP contribution in [-0.4, -0.2) is 17.7 Å². The maximum absolute atomic E-state index is 10.9. The quantitative estimate of drug-likeness (QED) is 0.748. The van der Waals surface area contributed by atoms with Crippen molar-refractivity contribution in [2.45, 2.75) is 6.92 Å². The highest BCUT2D eigenvalue weighted by atomic mass is 32.1. The lowest BCUT2D eigenvalue weighted by Crippen LogP contribution is -2.23. The molecule has 6 heteroatoms. The van der Waals surface area contributed by atoms with Gasteiger partial charge in [0, 0.05) is 6.92 Å². The minimum atomic E-state index is -0.273. The number of ether oxygens (including phenoxy) is 1. The zero-order valence-electron chi connectivity index (χ0n) is 8.93. The van der Waals surface area contributed by atoms with Gasteiger partial charge in [-0.05, 0) is 12.1 Å². The Bertz CT molecular complexity index is 612. The number of hydrogen-bond donors (Lipinski definition) is 1. The van der Waals surface area contributed by atoms with Crippen LogP contribution in [-0.2, 0) is 4.79 Å². The zero-order chi connectivity index (χ0) is 11.7.